The molecule has 1 aromatic rings. The van der Waals surface area contributed by atoms with Gasteiger partial charge in [0.25, 0.3) is 0 Å². The molecule has 6 heteroatoms. The first-order chi connectivity index (χ1) is 9.95. The van der Waals surface area contributed by atoms with Crippen LogP contribution in [-0.2, 0) is 6.42 Å². The number of rotatable bonds is 8. The highest BCUT2D eigenvalue weighted by Gasteiger charge is 2.21. The van der Waals surface area contributed by atoms with E-state index in [1.165, 1.54) is 6.07 Å². The van der Waals surface area contributed by atoms with Gasteiger partial charge in [0.05, 0.1) is 17.6 Å². The van der Waals surface area contributed by atoms with Crippen molar-refractivity contribution in [2.24, 2.45) is 5.73 Å². The van der Waals surface area contributed by atoms with E-state index < -0.39 is 10.5 Å². The first kappa shape index (κ1) is 16.9. The predicted octanol–water partition coefficient (Wildman–Crippen LogP) is 2.95. The summed E-state index contributed by atoms with van der Waals surface area (Å²) in [6.07, 6.45) is 2.37. The lowest BCUT2D eigenvalue weighted by Crippen LogP contribution is -2.37. The van der Waals surface area contributed by atoms with Crippen LogP contribution in [0.5, 0.6) is 5.75 Å². The monoisotopic (exact) mass is 291 g/mol. The smallest absolute Gasteiger partial charge is 0.311 e. The van der Waals surface area contributed by atoms with Gasteiger partial charge in [0, 0.05) is 6.07 Å². The van der Waals surface area contributed by atoms with Crippen LogP contribution in [-0.4, -0.2) is 17.1 Å². The fourth-order valence-corrected chi connectivity index (χ4v) is 1.93. The molecule has 0 amide bonds. The lowest BCUT2D eigenvalue weighted by atomic mass is 9.94. The summed E-state index contributed by atoms with van der Waals surface area (Å²) in [7, 11) is 0. The van der Waals surface area contributed by atoms with Crippen LogP contribution < -0.4 is 10.5 Å². The summed E-state index contributed by atoms with van der Waals surface area (Å²) in [5.74, 6) is 0.258. The number of nitriles is 1. The zero-order valence-corrected chi connectivity index (χ0v) is 12.5. The lowest BCUT2D eigenvalue weighted by Gasteiger charge is -2.18. The molecule has 0 saturated carbocycles. The van der Waals surface area contributed by atoms with Gasteiger partial charge < -0.3 is 10.5 Å². The van der Waals surface area contributed by atoms with Crippen molar-refractivity contribution in [1.29, 1.82) is 5.26 Å². The Labute approximate surface area is 124 Å². The first-order valence-electron chi connectivity index (χ1n) is 7.06. The van der Waals surface area contributed by atoms with Crippen LogP contribution >= 0.6 is 0 Å². The van der Waals surface area contributed by atoms with Gasteiger partial charge >= 0.3 is 5.69 Å². The Bertz CT molecular complexity index is 539. The molecule has 21 heavy (non-hydrogen) atoms. The molecule has 1 aromatic carbocycles. The summed E-state index contributed by atoms with van der Waals surface area (Å²) < 4.78 is 5.48. The summed E-state index contributed by atoms with van der Waals surface area (Å²) in [5, 5.41) is 20.0. The van der Waals surface area contributed by atoms with Gasteiger partial charge in [-0.2, -0.15) is 5.26 Å². The van der Waals surface area contributed by atoms with Crippen molar-refractivity contribution in [3.05, 3.63) is 33.9 Å². The normalized spacial score (nSPS) is 13.2. The van der Waals surface area contributed by atoms with Crippen LogP contribution in [0.15, 0.2) is 18.2 Å². The van der Waals surface area contributed by atoms with Crippen LogP contribution in [0.4, 0.5) is 5.69 Å². The Morgan fingerprint density at radius 2 is 2.19 bits per heavy atom. The minimum Gasteiger partial charge on any atom is -0.487 e. The quantitative estimate of drug-likeness (QED) is 0.450. The molecule has 1 atom stereocenters. The summed E-state index contributed by atoms with van der Waals surface area (Å²) >= 11 is 0. The Morgan fingerprint density at radius 1 is 1.48 bits per heavy atom. The van der Waals surface area contributed by atoms with Gasteiger partial charge in [0.2, 0.25) is 0 Å². The van der Waals surface area contributed by atoms with Crippen molar-refractivity contribution < 1.29 is 9.66 Å². The summed E-state index contributed by atoms with van der Waals surface area (Å²) in [5.41, 5.74) is 5.89. The number of hydrogen-bond donors (Lipinski definition) is 1. The maximum Gasteiger partial charge on any atom is 0.311 e. The van der Waals surface area contributed by atoms with Crippen LogP contribution in [0.1, 0.15) is 38.7 Å². The van der Waals surface area contributed by atoms with E-state index >= 15 is 0 Å². The van der Waals surface area contributed by atoms with E-state index in [0.29, 0.717) is 25.9 Å². The first-order valence-corrected chi connectivity index (χ1v) is 7.06. The average molecular weight is 291 g/mol. The van der Waals surface area contributed by atoms with Crippen molar-refractivity contribution >= 4 is 5.69 Å². The second kappa shape index (κ2) is 7.60. The zero-order chi connectivity index (χ0) is 15.9. The molecule has 0 bridgehead atoms. The molecule has 1 unspecified atom stereocenters. The summed E-state index contributed by atoms with van der Waals surface area (Å²) in [6, 6.07) is 7.06. The summed E-state index contributed by atoms with van der Waals surface area (Å²) in [4.78, 5) is 10.6. The van der Waals surface area contributed by atoms with Crippen molar-refractivity contribution in [2.45, 2.75) is 45.1 Å². The second-order valence-corrected chi connectivity index (χ2v) is 4.99. The molecule has 0 aliphatic carbocycles. The number of nitrogens with zero attached hydrogens (tertiary/aromatic N) is 2. The molecule has 0 saturated heterocycles. The van der Waals surface area contributed by atoms with Crippen LogP contribution in [0.25, 0.3) is 0 Å². The van der Waals surface area contributed by atoms with Crippen molar-refractivity contribution in [3.8, 4) is 11.8 Å². The minimum absolute atomic E-state index is 0.0239. The second-order valence-electron chi connectivity index (χ2n) is 4.99. The molecule has 0 fully saturated rings. The third kappa shape index (κ3) is 4.72. The maximum atomic E-state index is 11.0. The summed E-state index contributed by atoms with van der Waals surface area (Å²) in [6.45, 7) is 4.10. The standard InChI is InChI=1S/C15H21N3O3/c1-3-12-6-7-14(13(10-12)18(19)20)21-9-5-8-15(17,4-2)11-16/h6-7,10H,3-5,8-9,17H2,1-2H3. The number of aryl methyl sites for hydroxylation is 1. The molecule has 6 nitrogen and oxygen atoms in total. The third-order valence-corrected chi connectivity index (χ3v) is 3.51. The third-order valence-electron chi connectivity index (χ3n) is 3.51. The van der Waals surface area contributed by atoms with Gasteiger partial charge in [-0.05, 0) is 37.3 Å². The molecule has 2 N–H and O–H groups in total. The van der Waals surface area contributed by atoms with E-state index in [1.54, 1.807) is 6.07 Å². The Hall–Kier alpha value is -2.13. The number of nitrogens with two attached hydrogens (primary N) is 1. The van der Waals surface area contributed by atoms with Crippen LogP contribution in [0.3, 0.4) is 0 Å². The molecule has 0 aliphatic rings. The molecular formula is C15H21N3O3. The van der Waals surface area contributed by atoms with E-state index in [0.717, 1.165) is 12.0 Å². The van der Waals surface area contributed by atoms with E-state index in [2.05, 4.69) is 6.07 Å². The van der Waals surface area contributed by atoms with Gasteiger partial charge in [-0.25, -0.2) is 0 Å². The van der Waals surface area contributed by atoms with Gasteiger partial charge in [-0.15, -0.1) is 0 Å². The highest BCUT2D eigenvalue weighted by Crippen LogP contribution is 2.28. The van der Waals surface area contributed by atoms with Gasteiger partial charge in [0.1, 0.15) is 5.54 Å². The topological polar surface area (TPSA) is 102 Å². The number of nitro groups is 1. The van der Waals surface area contributed by atoms with Crippen LogP contribution in [0.2, 0.25) is 0 Å². The molecule has 0 spiro atoms. The number of hydrogen-bond acceptors (Lipinski definition) is 5. The van der Waals surface area contributed by atoms with Crippen molar-refractivity contribution in [3.63, 3.8) is 0 Å². The maximum absolute atomic E-state index is 11.0. The van der Waals surface area contributed by atoms with Gasteiger partial charge in [-0.1, -0.05) is 19.9 Å². The highest BCUT2D eigenvalue weighted by molar-refractivity contribution is 5.48. The highest BCUT2D eigenvalue weighted by atomic mass is 16.6. The predicted molar refractivity (Wildman–Crippen MR) is 80.0 cm³/mol. The van der Waals surface area contributed by atoms with Gasteiger partial charge in [0.15, 0.2) is 5.75 Å². The number of nitro benzene ring substituents is 1. The number of ether oxygens (including phenoxy) is 1. The molecule has 0 aliphatic heterocycles. The SMILES string of the molecule is CCc1ccc(OCCCC(N)(C#N)CC)c([N+](=O)[O-])c1. The molecule has 0 radical (unpaired) electrons. The Morgan fingerprint density at radius 3 is 2.71 bits per heavy atom. The lowest BCUT2D eigenvalue weighted by molar-refractivity contribution is -0.385. The van der Waals surface area contributed by atoms with E-state index in [-0.39, 0.29) is 11.4 Å². The fraction of sp³-hybridized carbons (Fsp3) is 0.533. The minimum atomic E-state index is -0.846. The number of benzene rings is 1. The van der Waals surface area contributed by atoms with Crippen LogP contribution in [0, 0.1) is 21.4 Å². The van der Waals surface area contributed by atoms with E-state index in [4.69, 9.17) is 15.7 Å². The fourth-order valence-electron chi connectivity index (χ4n) is 1.93. The molecule has 0 aromatic heterocycles. The molecular weight excluding hydrogens is 270 g/mol. The largest absolute Gasteiger partial charge is 0.487 e. The van der Waals surface area contributed by atoms with Crippen molar-refractivity contribution in [2.75, 3.05) is 6.61 Å². The molecule has 1 rings (SSSR count). The molecule has 0 heterocycles. The Balaban J connectivity index is 2.64. The van der Waals surface area contributed by atoms with E-state index in [1.807, 2.05) is 19.9 Å². The van der Waals surface area contributed by atoms with Crippen molar-refractivity contribution in [1.82, 2.24) is 0 Å². The molecule has 114 valence electrons. The Kier molecular flexibility index (Phi) is 6.12. The van der Waals surface area contributed by atoms with Gasteiger partial charge in [-0.3, -0.25) is 10.1 Å². The zero-order valence-electron chi connectivity index (χ0n) is 12.5. The average Bonchev–Trinajstić information content (AvgIpc) is 2.51. The van der Waals surface area contributed by atoms with E-state index in [9.17, 15) is 10.1 Å².